The fourth-order valence-electron chi connectivity index (χ4n) is 1.91. The third-order valence-corrected chi connectivity index (χ3v) is 3.06. The zero-order chi connectivity index (χ0) is 15.4. The lowest BCUT2D eigenvalue weighted by molar-refractivity contribution is 0.0950. The first-order valence-corrected chi connectivity index (χ1v) is 6.38. The largest absolute Gasteiger partial charge is 0.504 e. The molecule has 0 spiro atoms. The summed E-state index contributed by atoms with van der Waals surface area (Å²) in [6.45, 7) is 1.91. The lowest BCUT2D eigenvalue weighted by Gasteiger charge is -2.06. The number of hydrogen-bond acceptors (Lipinski definition) is 4. The van der Waals surface area contributed by atoms with E-state index in [0.29, 0.717) is 12.1 Å². The van der Waals surface area contributed by atoms with Crippen LogP contribution in [0.4, 0.5) is 0 Å². The first-order valence-electron chi connectivity index (χ1n) is 6.38. The Morgan fingerprint density at radius 3 is 2.38 bits per heavy atom. The number of nitrogens with one attached hydrogen (secondary N) is 1. The molecule has 5 nitrogen and oxygen atoms in total. The Bertz CT molecular complexity index is 726. The van der Waals surface area contributed by atoms with Crippen molar-refractivity contribution in [2.75, 3.05) is 0 Å². The van der Waals surface area contributed by atoms with Gasteiger partial charge in [0.2, 0.25) is 0 Å². The van der Waals surface area contributed by atoms with Crippen LogP contribution in [-0.4, -0.2) is 16.1 Å². The van der Waals surface area contributed by atoms with Crippen LogP contribution in [0.15, 0.2) is 47.3 Å². The average molecular weight is 285 g/mol. The van der Waals surface area contributed by atoms with Gasteiger partial charge < -0.3 is 15.5 Å². The highest BCUT2D eigenvalue weighted by atomic mass is 16.3. The van der Waals surface area contributed by atoms with Gasteiger partial charge in [-0.1, -0.05) is 30.3 Å². The fraction of sp³-hybridized carbons (Fsp3) is 0.125. The third-order valence-electron chi connectivity index (χ3n) is 3.06. The van der Waals surface area contributed by atoms with Gasteiger partial charge in [0.1, 0.15) is 0 Å². The molecule has 2 aromatic carbocycles. The van der Waals surface area contributed by atoms with Crippen molar-refractivity contribution in [1.82, 2.24) is 5.32 Å². The number of aromatic hydroxyl groups is 2. The standard InChI is InChI=1S/C16H15NO4/c1-10-7-13(18)15(20)14(19)8-12(10)16(21)17-9-11-5-3-2-4-6-11/h2-8H,9H2,1H3,(H,17,21)(H2,18,19,20). The molecule has 3 N–H and O–H groups in total. The number of carbonyl (C=O) groups is 1. The summed E-state index contributed by atoms with van der Waals surface area (Å²) < 4.78 is 0. The van der Waals surface area contributed by atoms with Crippen LogP contribution < -0.4 is 10.7 Å². The van der Waals surface area contributed by atoms with Crippen LogP contribution in [0, 0.1) is 6.92 Å². The minimum absolute atomic E-state index is 0.140. The highest BCUT2D eigenvalue weighted by molar-refractivity contribution is 5.95. The van der Waals surface area contributed by atoms with E-state index in [2.05, 4.69) is 5.32 Å². The van der Waals surface area contributed by atoms with Crippen LogP contribution in [0.2, 0.25) is 0 Å². The third kappa shape index (κ3) is 3.39. The first-order chi connectivity index (χ1) is 9.99. The predicted molar refractivity (Wildman–Crippen MR) is 78.4 cm³/mol. The summed E-state index contributed by atoms with van der Waals surface area (Å²) >= 11 is 0. The average Bonchev–Trinajstić information content (AvgIpc) is 2.58. The Hall–Kier alpha value is -2.82. The molecular formula is C16H15NO4. The Labute approximate surface area is 121 Å². The van der Waals surface area contributed by atoms with Crippen molar-refractivity contribution in [2.24, 2.45) is 0 Å². The molecule has 0 bridgehead atoms. The van der Waals surface area contributed by atoms with Crippen molar-refractivity contribution in [3.05, 3.63) is 69.4 Å². The Morgan fingerprint density at radius 1 is 1.10 bits per heavy atom. The van der Waals surface area contributed by atoms with Crippen molar-refractivity contribution in [2.45, 2.75) is 13.5 Å². The van der Waals surface area contributed by atoms with E-state index >= 15 is 0 Å². The van der Waals surface area contributed by atoms with Crippen molar-refractivity contribution in [3.63, 3.8) is 0 Å². The number of hydrogen-bond donors (Lipinski definition) is 3. The zero-order valence-corrected chi connectivity index (χ0v) is 11.5. The summed E-state index contributed by atoms with van der Waals surface area (Å²) in [6, 6.07) is 11.6. The van der Waals surface area contributed by atoms with Gasteiger partial charge in [0.25, 0.3) is 11.3 Å². The van der Waals surface area contributed by atoms with Gasteiger partial charge in [0, 0.05) is 12.1 Å². The molecule has 0 saturated heterocycles. The lowest BCUT2D eigenvalue weighted by atomic mass is 10.1. The molecule has 0 radical (unpaired) electrons. The number of rotatable bonds is 3. The number of carbonyl (C=O) groups excluding carboxylic acids is 1. The summed E-state index contributed by atoms with van der Waals surface area (Å²) in [6.07, 6.45) is 0. The summed E-state index contributed by atoms with van der Waals surface area (Å²) in [5.41, 5.74) is 0.567. The SMILES string of the molecule is Cc1cc(O)c(=O)c(O)cc1C(=O)NCc1ccccc1. The summed E-state index contributed by atoms with van der Waals surface area (Å²) in [7, 11) is 0. The Kier molecular flexibility index (Phi) is 4.23. The van der Waals surface area contributed by atoms with Gasteiger partial charge in [-0.3, -0.25) is 9.59 Å². The van der Waals surface area contributed by atoms with E-state index in [0.717, 1.165) is 11.6 Å². The number of aryl methyl sites for hydroxylation is 1. The molecule has 21 heavy (non-hydrogen) atoms. The second-order valence-electron chi connectivity index (χ2n) is 4.65. The van der Waals surface area contributed by atoms with Gasteiger partial charge in [-0.05, 0) is 30.2 Å². The van der Waals surface area contributed by atoms with E-state index in [1.54, 1.807) is 6.92 Å². The van der Waals surface area contributed by atoms with Crippen molar-refractivity contribution < 1.29 is 15.0 Å². The van der Waals surface area contributed by atoms with E-state index in [9.17, 15) is 19.8 Å². The van der Waals surface area contributed by atoms with E-state index in [1.165, 1.54) is 6.07 Å². The summed E-state index contributed by atoms with van der Waals surface area (Å²) in [5.74, 6) is -1.68. The van der Waals surface area contributed by atoms with Crippen LogP contribution in [0.3, 0.4) is 0 Å². The molecule has 5 heteroatoms. The molecule has 0 aliphatic heterocycles. The normalized spacial score (nSPS) is 10.1. The maximum absolute atomic E-state index is 12.1. The summed E-state index contributed by atoms with van der Waals surface area (Å²) in [4.78, 5) is 23.6. The van der Waals surface area contributed by atoms with E-state index < -0.39 is 22.8 Å². The minimum atomic E-state index is -0.903. The van der Waals surface area contributed by atoms with Gasteiger partial charge in [-0.2, -0.15) is 0 Å². The maximum atomic E-state index is 12.1. The minimum Gasteiger partial charge on any atom is -0.504 e. The van der Waals surface area contributed by atoms with Gasteiger partial charge in [0.15, 0.2) is 11.5 Å². The topological polar surface area (TPSA) is 86.6 Å². The maximum Gasteiger partial charge on any atom is 0.261 e. The summed E-state index contributed by atoms with van der Waals surface area (Å²) in [5, 5.41) is 21.7. The smallest absolute Gasteiger partial charge is 0.261 e. The highest BCUT2D eigenvalue weighted by Crippen LogP contribution is 2.15. The number of amides is 1. The van der Waals surface area contributed by atoms with Gasteiger partial charge >= 0.3 is 0 Å². The van der Waals surface area contributed by atoms with Crippen molar-refractivity contribution >= 4 is 5.91 Å². The molecule has 0 fully saturated rings. The monoisotopic (exact) mass is 285 g/mol. The highest BCUT2D eigenvalue weighted by Gasteiger charge is 2.12. The quantitative estimate of drug-likeness (QED) is 0.801. The van der Waals surface area contributed by atoms with Crippen LogP contribution in [0.25, 0.3) is 0 Å². The number of benzene rings is 1. The van der Waals surface area contributed by atoms with Crippen LogP contribution in [0.1, 0.15) is 21.5 Å². The van der Waals surface area contributed by atoms with Crippen molar-refractivity contribution in [1.29, 1.82) is 0 Å². The van der Waals surface area contributed by atoms with E-state index in [1.807, 2.05) is 30.3 Å². The van der Waals surface area contributed by atoms with Crippen LogP contribution in [0.5, 0.6) is 11.5 Å². The molecule has 0 aromatic heterocycles. The van der Waals surface area contributed by atoms with Crippen LogP contribution in [-0.2, 0) is 6.54 Å². The van der Waals surface area contributed by atoms with Crippen LogP contribution >= 0.6 is 0 Å². The molecule has 2 rings (SSSR count). The van der Waals surface area contributed by atoms with E-state index in [4.69, 9.17) is 0 Å². The molecule has 2 aromatic rings. The van der Waals surface area contributed by atoms with Gasteiger partial charge in [-0.15, -0.1) is 0 Å². The van der Waals surface area contributed by atoms with Crippen molar-refractivity contribution in [3.8, 4) is 11.5 Å². The fourth-order valence-corrected chi connectivity index (χ4v) is 1.91. The van der Waals surface area contributed by atoms with E-state index in [-0.39, 0.29) is 5.56 Å². The van der Waals surface area contributed by atoms with Gasteiger partial charge in [0.05, 0.1) is 0 Å². The first kappa shape index (κ1) is 14.6. The molecule has 0 aliphatic carbocycles. The molecule has 0 heterocycles. The lowest BCUT2D eigenvalue weighted by Crippen LogP contribution is -2.23. The zero-order valence-electron chi connectivity index (χ0n) is 11.5. The molecule has 0 unspecified atom stereocenters. The molecule has 0 aliphatic rings. The molecule has 108 valence electrons. The van der Waals surface area contributed by atoms with Gasteiger partial charge in [-0.25, -0.2) is 0 Å². The molecule has 1 amide bonds. The predicted octanol–water partition coefficient (Wildman–Crippen LogP) is 1.70. The molecular weight excluding hydrogens is 270 g/mol. The molecule has 0 atom stereocenters. The Morgan fingerprint density at radius 2 is 1.71 bits per heavy atom. The Balaban J connectivity index is 2.26. The second-order valence-corrected chi connectivity index (χ2v) is 4.65. The molecule has 0 saturated carbocycles. The second kappa shape index (κ2) is 6.09.